The summed E-state index contributed by atoms with van der Waals surface area (Å²) in [5.41, 5.74) is -0.0363. The van der Waals surface area contributed by atoms with Crippen molar-refractivity contribution >= 4 is 17.7 Å². The van der Waals surface area contributed by atoms with Crippen LogP contribution in [0.5, 0.6) is 0 Å². The maximum atomic E-state index is 13.6. The van der Waals surface area contributed by atoms with E-state index in [0.29, 0.717) is 0 Å². The molecule has 0 spiro atoms. The molecule has 1 aromatic carbocycles. The highest BCUT2D eigenvalue weighted by molar-refractivity contribution is 7.98. The van der Waals surface area contributed by atoms with E-state index in [1.54, 1.807) is 12.1 Å². The number of halogens is 1. The number of aromatic nitrogens is 1. The van der Waals surface area contributed by atoms with Crippen LogP contribution in [0.4, 0.5) is 4.39 Å². The molecule has 0 fully saturated rings. The lowest BCUT2D eigenvalue weighted by atomic mass is 10.1. The zero-order valence-corrected chi connectivity index (χ0v) is 9.62. The maximum Gasteiger partial charge on any atom is 0.358 e. The third-order valence-corrected chi connectivity index (χ3v) is 2.89. The van der Waals surface area contributed by atoms with Crippen LogP contribution in [-0.2, 0) is 0 Å². The third-order valence-electron chi connectivity index (χ3n) is 2.17. The number of aromatic carboxylic acids is 1. The molecule has 2 aromatic rings. The lowest BCUT2D eigenvalue weighted by Gasteiger charge is -2.01. The van der Waals surface area contributed by atoms with Crippen LogP contribution in [0.3, 0.4) is 0 Å². The number of hydrogen-bond acceptors (Lipinski definition) is 4. The molecule has 0 amide bonds. The van der Waals surface area contributed by atoms with Gasteiger partial charge < -0.3 is 9.63 Å². The van der Waals surface area contributed by atoms with Crippen LogP contribution in [0.1, 0.15) is 10.5 Å². The largest absolute Gasteiger partial charge is 0.476 e. The molecule has 0 aliphatic heterocycles. The molecule has 17 heavy (non-hydrogen) atoms. The van der Waals surface area contributed by atoms with Crippen molar-refractivity contribution in [2.45, 2.75) is 4.90 Å². The number of carbonyl (C=O) groups is 1. The van der Waals surface area contributed by atoms with Gasteiger partial charge in [-0.05, 0) is 24.5 Å². The number of thioether (sulfide) groups is 1. The number of hydrogen-bond donors (Lipinski definition) is 1. The molecule has 0 aliphatic rings. The van der Waals surface area contributed by atoms with E-state index >= 15 is 0 Å². The topological polar surface area (TPSA) is 63.3 Å². The van der Waals surface area contributed by atoms with Gasteiger partial charge in [-0.2, -0.15) is 0 Å². The van der Waals surface area contributed by atoms with Crippen molar-refractivity contribution in [2.75, 3.05) is 6.26 Å². The predicted molar refractivity (Wildman–Crippen MR) is 60.6 cm³/mol. The average Bonchev–Trinajstić information content (AvgIpc) is 2.79. The molecule has 0 radical (unpaired) electrons. The Hall–Kier alpha value is -1.82. The minimum absolute atomic E-state index is 0.107. The first-order chi connectivity index (χ1) is 8.11. The van der Waals surface area contributed by atoms with E-state index in [4.69, 9.17) is 9.63 Å². The highest BCUT2D eigenvalue weighted by Crippen LogP contribution is 2.27. The molecule has 0 bridgehead atoms. The first kappa shape index (κ1) is 11.7. The summed E-state index contributed by atoms with van der Waals surface area (Å²) in [4.78, 5) is 11.5. The Morgan fingerprint density at radius 3 is 2.82 bits per heavy atom. The van der Waals surface area contributed by atoms with Crippen molar-refractivity contribution in [3.05, 3.63) is 35.8 Å². The molecule has 1 heterocycles. The summed E-state index contributed by atoms with van der Waals surface area (Å²) < 4.78 is 18.4. The van der Waals surface area contributed by atoms with Gasteiger partial charge in [0.2, 0.25) is 0 Å². The molecule has 4 nitrogen and oxygen atoms in total. The van der Waals surface area contributed by atoms with Crippen molar-refractivity contribution in [1.29, 1.82) is 0 Å². The molecule has 0 aliphatic carbocycles. The van der Waals surface area contributed by atoms with Crippen LogP contribution in [0.25, 0.3) is 11.3 Å². The highest BCUT2D eigenvalue weighted by atomic mass is 32.2. The molecule has 0 saturated heterocycles. The molecule has 0 saturated carbocycles. The van der Waals surface area contributed by atoms with Crippen molar-refractivity contribution < 1.29 is 18.8 Å². The summed E-state index contributed by atoms with van der Waals surface area (Å²) in [6.45, 7) is 0. The Kier molecular flexibility index (Phi) is 3.14. The van der Waals surface area contributed by atoms with E-state index in [0.717, 1.165) is 4.90 Å². The lowest BCUT2D eigenvalue weighted by Crippen LogP contribution is -1.94. The van der Waals surface area contributed by atoms with E-state index in [9.17, 15) is 9.18 Å². The fourth-order valence-corrected chi connectivity index (χ4v) is 1.76. The fraction of sp³-hybridized carbons (Fsp3) is 0.0909. The summed E-state index contributed by atoms with van der Waals surface area (Å²) in [6.07, 6.45) is 1.86. The van der Waals surface area contributed by atoms with Gasteiger partial charge in [-0.3, -0.25) is 0 Å². The van der Waals surface area contributed by atoms with Crippen LogP contribution >= 0.6 is 11.8 Å². The number of carboxylic acid groups (broad SMARTS) is 1. The normalized spacial score (nSPS) is 10.5. The van der Waals surface area contributed by atoms with Gasteiger partial charge in [0, 0.05) is 11.0 Å². The minimum Gasteiger partial charge on any atom is -0.476 e. The smallest absolute Gasteiger partial charge is 0.358 e. The van der Waals surface area contributed by atoms with Gasteiger partial charge in [0.05, 0.1) is 5.56 Å². The van der Waals surface area contributed by atoms with Crippen LogP contribution in [-0.4, -0.2) is 22.5 Å². The summed E-state index contributed by atoms with van der Waals surface area (Å²) >= 11 is 1.45. The van der Waals surface area contributed by atoms with E-state index in [2.05, 4.69) is 5.16 Å². The van der Waals surface area contributed by atoms with Crippen LogP contribution in [0, 0.1) is 5.82 Å². The van der Waals surface area contributed by atoms with Gasteiger partial charge >= 0.3 is 5.97 Å². The van der Waals surface area contributed by atoms with Crippen molar-refractivity contribution in [1.82, 2.24) is 5.16 Å². The molecule has 1 aromatic heterocycles. The molecule has 6 heteroatoms. The Morgan fingerprint density at radius 2 is 2.24 bits per heavy atom. The summed E-state index contributed by atoms with van der Waals surface area (Å²) in [6, 6.07) is 5.74. The number of carboxylic acids is 1. The van der Waals surface area contributed by atoms with Gasteiger partial charge in [-0.15, -0.1) is 11.8 Å². The Balaban J connectivity index is 2.47. The lowest BCUT2D eigenvalue weighted by molar-refractivity contribution is 0.0686. The Morgan fingerprint density at radius 1 is 1.47 bits per heavy atom. The molecule has 0 atom stereocenters. The van der Waals surface area contributed by atoms with E-state index in [1.807, 2.05) is 6.26 Å². The molecule has 88 valence electrons. The standard InChI is InChI=1S/C11H8FNO3S/c1-17-6-2-3-8(12)7(4-6)10-5-9(11(14)15)13-16-10/h2-5H,1H3,(H,14,15). The van der Waals surface area contributed by atoms with Gasteiger partial charge in [0.25, 0.3) is 0 Å². The SMILES string of the molecule is CSc1ccc(F)c(-c2cc(C(=O)O)no2)c1. The third kappa shape index (κ3) is 2.31. The predicted octanol–water partition coefficient (Wildman–Crippen LogP) is 2.90. The molecule has 1 N–H and O–H groups in total. The van der Waals surface area contributed by atoms with Crippen LogP contribution < -0.4 is 0 Å². The Labute approximate surface area is 100 Å². The van der Waals surface area contributed by atoms with Gasteiger partial charge in [0.1, 0.15) is 5.82 Å². The summed E-state index contributed by atoms with van der Waals surface area (Å²) in [7, 11) is 0. The average molecular weight is 253 g/mol. The molecular weight excluding hydrogens is 245 g/mol. The monoisotopic (exact) mass is 253 g/mol. The zero-order valence-electron chi connectivity index (χ0n) is 8.81. The van der Waals surface area contributed by atoms with Gasteiger partial charge in [0.15, 0.2) is 11.5 Å². The van der Waals surface area contributed by atoms with Crippen molar-refractivity contribution in [3.63, 3.8) is 0 Å². The second-order valence-corrected chi connectivity index (χ2v) is 4.11. The maximum absolute atomic E-state index is 13.6. The number of nitrogens with zero attached hydrogens (tertiary/aromatic N) is 1. The highest BCUT2D eigenvalue weighted by Gasteiger charge is 2.15. The number of benzene rings is 1. The zero-order chi connectivity index (χ0) is 12.4. The minimum atomic E-state index is -1.21. The number of rotatable bonds is 3. The van der Waals surface area contributed by atoms with Gasteiger partial charge in [-0.25, -0.2) is 9.18 Å². The summed E-state index contributed by atoms with van der Waals surface area (Å²) in [5, 5.41) is 12.0. The first-order valence-electron chi connectivity index (χ1n) is 4.65. The molecule has 0 unspecified atom stereocenters. The van der Waals surface area contributed by atoms with Crippen LogP contribution in [0.15, 0.2) is 33.7 Å². The van der Waals surface area contributed by atoms with E-state index < -0.39 is 11.8 Å². The molecular formula is C11H8FNO3S. The van der Waals surface area contributed by atoms with Crippen molar-refractivity contribution in [3.8, 4) is 11.3 Å². The Bertz CT molecular complexity index is 568. The van der Waals surface area contributed by atoms with Crippen LogP contribution in [0.2, 0.25) is 0 Å². The fourth-order valence-electron chi connectivity index (χ4n) is 1.32. The van der Waals surface area contributed by atoms with Crippen molar-refractivity contribution in [2.24, 2.45) is 0 Å². The molecule has 2 rings (SSSR count). The first-order valence-corrected chi connectivity index (χ1v) is 5.88. The van der Waals surface area contributed by atoms with Gasteiger partial charge in [-0.1, -0.05) is 5.16 Å². The second-order valence-electron chi connectivity index (χ2n) is 3.23. The summed E-state index contributed by atoms with van der Waals surface area (Å²) in [5.74, 6) is -1.58. The second kappa shape index (κ2) is 4.58. The van der Waals surface area contributed by atoms with E-state index in [-0.39, 0.29) is 17.0 Å². The quantitative estimate of drug-likeness (QED) is 0.852. The van der Waals surface area contributed by atoms with E-state index in [1.165, 1.54) is 23.9 Å².